The Morgan fingerprint density at radius 3 is 1.63 bits per heavy atom. The molecule has 1 nitrogen and oxygen atoms in total. The van der Waals surface area contributed by atoms with Gasteiger partial charge in [-0.15, -0.1) is 0 Å². The van der Waals surface area contributed by atoms with Crippen molar-refractivity contribution in [1.29, 1.82) is 0 Å². The maximum atomic E-state index is 14.2. The summed E-state index contributed by atoms with van der Waals surface area (Å²) in [7, 11) is -2.76. The molecule has 0 aromatic heterocycles. The Bertz CT molecular complexity index is 839. The van der Waals surface area contributed by atoms with E-state index in [-0.39, 0.29) is 0 Å². The lowest BCUT2D eigenvalue weighted by atomic mass is 9.99. The number of hydrogen-bond donors (Lipinski definition) is 0. The third kappa shape index (κ3) is 4.20. The number of carbonyl (C=O) groups excluding carboxylic acids is 1. The highest BCUT2D eigenvalue weighted by molar-refractivity contribution is 7.29. The summed E-state index contributed by atoms with van der Waals surface area (Å²) in [6.07, 6.45) is 6.92. The highest BCUT2D eigenvalue weighted by Crippen LogP contribution is 2.33. The molecule has 3 aromatic rings. The Labute approximate surface area is 182 Å². The maximum Gasteiger partial charge on any atom is 0.224 e. The van der Waals surface area contributed by atoms with Crippen LogP contribution < -0.4 is 15.6 Å². The molecule has 2 heteroatoms. The van der Waals surface area contributed by atoms with E-state index in [1.807, 2.05) is 18.2 Å². The summed E-state index contributed by atoms with van der Waals surface area (Å²) in [5, 5.41) is 4.03. The third-order valence-electron chi connectivity index (χ3n) is 6.86. The van der Waals surface area contributed by atoms with Gasteiger partial charge in [0.05, 0.1) is 0 Å². The fourth-order valence-electron chi connectivity index (χ4n) is 5.37. The molecule has 0 heterocycles. The molecule has 0 radical (unpaired) electrons. The minimum absolute atomic E-state index is 0.442. The van der Waals surface area contributed by atoms with Gasteiger partial charge >= 0.3 is 0 Å². The number of benzene rings is 3. The van der Waals surface area contributed by atoms with Crippen LogP contribution in [0.25, 0.3) is 0 Å². The minimum atomic E-state index is -2.76. The van der Waals surface area contributed by atoms with E-state index in [4.69, 9.17) is 0 Å². The summed E-state index contributed by atoms with van der Waals surface area (Å²) < 4.78 is 0. The third-order valence-corrected chi connectivity index (χ3v) is 11.5. The molecule has 0 bridgehead atoms. The van der Waals surface area contributed by atoms with Crippen molar-refractivity contribution in [2.45, 2.75) is 45.4 Å². The predicted molar refractivity (Wildman–Crippen MR) is 129 cm³/mol. The van der Waals surface area contributed by atoms with Crippen molar-refractivity contribution in [2.75, 3.05) is 0 Å². The molecule has 0 aliphatic heterocycles. The van der Waals surface area contributed by atoms with Crippen LogP contribution in [0.15, 0.2) is 91.0 Å². The van der Waals surface area contributed by atoms with Crippen molar-refractivity contribution in [3.8, 4) is 0 Å². The highest BCUT2D eigenvalue weighted by Gasteiger charge is 2.46. The number of hydrogen-bond acceptors (Lipinski definition) is 1. The Kier molecular flexibility index (Phi) is 6.64. The largest absolute Gasteiger partial charge is 0.304 e. The molecule has 0 saturated heterocycles. The van der Waals surface area contributed by atoms with Crippen molar-refractivity contribution < 1.29 is 4.79 Å². The molecule has 0 N–H and O–H groups in total. The summed E-state index contributed by atoms with van der Waals surface area (Å²) in [4.78, 5) is 14.2. The van der Waals surface area contributed by atoms with E-state index in [1.54, 1.807) is 0 Å². The lowest BCUT2D eigenvalue weighted by Gasteiger charge is -2.32. The average Bonchev–Trinajstić information content (AvgIpc) is 3.21. The van der Waals surface area contributed by atoms with Gasteiger partial charge in [0.2, 0.25) is 8.07 Å². The number of carbonyl (C=O) groups is 1. The Balaban J connectivity index is 1.72. The molecular formula is C28H32OSi. The normalized spacial score (nSPS) is 19.0. The first kappa shape index (κ1) is 20.8. The van der Waals surface area contributed by atoms with Gasteiger partial charge < -0.3 is 4.79 Å². The Hall–Kier alpha value is -2.45. The molecule has 2 unspecified atom stereocenters. The predicted octanol–water partition coefficient (Wildman–Crippen LogP) is 4.87. The zero-order valence-corrected chi connectivity index (χ0v) is 19.0. The standard InChI is InChI=1S/C28H32OSi/c1-23-20-21-24(22-23)12-11-19-28(29)30(25-13-5-2-6-14-25,26-15-7-3-8-16-26)27-17-9-4-10-18-27/h2-10,13-18,23-24H,11-12,19-22H2,1H3. The Morgan fingerprint density at radius 1 is 0.767 bits per heavy atom. The first-order valence-corrected chi connectivity index (χ1v) is 13.4. The zero-order valence-electron chi connectivity index (χ0n) is 18.0. The van der Waals surface area contributed by atoms with Crippen LogP contribution in [0.2, 0.25) is 0 Å². The van der Waals surface area contributed by atoms with Crippen LogP contribution in [-0.2, 0) is 4.79 Å². The molecule has 4 rings (SSSR count). The first-order valence-electron chi connectivity index (χ1n) is 11.4. The summed E-state index contributed by atoms with van der Waals surface area (Å²) in [5.74, 6) is 1.67. The fourth-order valence-corrected chi connectivity index (χ4v) is 9.97. The van der Waals surface area contributed by atoms with E-state index in [0.29, 0.717) is 11.8 Å². The van der Waals surface area contributed by atoms with Gasteiger partial charge in [-0.05, 0) is 40.2 Å². The summed E-state index contributed by atoms with van der Waals surface area (Å²) in [6, 6.07) is 31.6. The molecule has 0 amide bonds. The van der Waals surface area contributed by atoms with Crippen LogP contribution in [0.5, 0.6) is 0 Å². The zero-order chi connectivity index (χ0) is 20.8. The topological polar surface area (TPSA) is 17.1 Å². The molecule has 1 fully saturated rings. The van der Waals surface area contributed by atoms with Crippen molar-refractivity contribution >= 4 is 29.0 Å². The summed E-state index contributed by atoms with van der Waals surface area (Å²) >= 11 is 0. The van der Waals surface area contributed by atoms with Crippen molar-refractivity contribution in [3.05, 3.63) is 91.0 Å². The van der Waals surface area contributed by atoms with E-state index in [2.05, 4.69) is 79.7 Å². The minimum Gasteiger partial charge on any atom is -0.304 e. The molecule has 1 aliphatic carbocycles. The van der Waals surface area contributed by atoms with E-state index in [0.717, 1.165) is 18.3 Å². The summed E-state index contributed by atoms with van der Waals surface area (Å²) in [5.41, 5.74) is 0. The van der Waals surface area contributed by atoms with Gasteiger partial charge in [0.15, 0.2) is 0 Å². The van der Waals surface area contributed by atoms with Crippen molar-refractivity contribution in [3.63, 3.8) is 0 Å². The van der Waals surface area contributed by atoms with Gasteiger partial charge in [-0.1, -0.05) is 117 Å². The maximum absolute atomic E-state index is 14.2. The van der Waals surface area contributed by atoms with E-state index in [1.165, 1.54) is 41.2 Å². The van der Waals surface area contributed by atoms with Gasteiger partial charge in [0, 0.05) is 6.42 Å². The quantitative estimate of drug-likeness (QED) is 0.381. The lowest BCUT2D eigenvalue weighted by molar-refractivity contribution is -0.112. The summed E-state index contributed by atoms with van der Waals surface area (Å²) in [6.45, 7) is 2.36. The molecule has 1 aliphatic rings. The van der Waals surface area contributed by atoms with Crippen LogP contribution >= 0.6 is 0 Å². The first-order chi connectivity index (χ1) is 14.7. The van der Waals surface area contributed by atoms with Crippen molar-refractivity contribution in [1.82, 2.24) is 0 Å². The van der Waals surface area contributed by atoms with Crippen LogP contribution in [0.3, 0.4) is 0 Å². The Morgan fingerprint density at radius 2 is 1.23 bits per heavy atom. The molecule has 1 saturated carbocycles. The van der Waals surface area contributed by atoms with Gasteiger partial charge in [-0.2, -0.15) is 0 Å². The lowest BCUT2D eigenvalue weighted by Crippen LogP contribution is -2.72. The molecule has 30 heavy (non-hydrogen) atoms. The second-order valence-corrected chi connectivity index (χ2v) is 12.7. The molecule has 2 atom stereocenters. The van der Waals surface area contributed by atoms with Gasteiger partial charge in [0.1, 0.15) is 5.41 Å². The second-order valence-electron chi connectivity index (χ2n) is 8.95. The molecule has 0 spiro atoms. The SMILES string of the molecule is CC1CCC(CCCC(=O)[Si](c2ccccc2)(c2ccccc2)c2ccccc2)C1. The molecule has 154 valence electrons. The van der Waals surface area contributed by atoms with Crippen LogP contribution in [0, 0.1) is 11.8 Å². The molecule has 3 aromatic carbocycles. The average molecular weight is 413 g/mol. The molecular weight excluding hydrogens is 380 g/mol. The van der Waals surface area contributed by atoms with Crippen molar-refractivity contribution in [2.24, 2.45) is 11.8 Å². The van der Waals surface area contributed by atoms with Crippen LogP contribution in [0.4, 0.5) is 0 Å². The van der Waals surface area contributed by atoms with Crippen LogP contribution in [0.1, 0.15) is 45.4 Å². The second kappa shape index (κ2) is 9.57. The van der Waals surface area contributed by atoms with E-state index < -0.39 is 8.07 Å². The number of rotatable bonds is 8. The monoisotopic (exact) mass is 412 g/mol. The smallest absolute Gasteiger partial charge is 0.224 e. The van der Waals surface area contributed by atoms with Crippen LogP contribution in [-0.4, -0.2) is 13.5 Å². The highest BCUT2D eigenvalue weighted by atomic mass is 28.3. The van der Waals surface area contributed by atoms with E-state index in [9.17, 15) is 4.79 Å². The van der Waals surface area contributed by atoms with Gasteiger partial charge in [-0.3, -0.25) is 0 Å². The van der Waals surface area contributed by atoms with E-state index >= 15 is 0 Å². The van der Waals surface area contributed by atoms with Gasteiger partial charge in [0.25, 0.3) is 0 Å². The van der Waals surface area contributed by atoms with Gasteiger partial charge in [-0.25, -0.2) is 0 Å². The fraction of sp³-hybridized carbons (Fsp3) is 0.321.